The number of hydrogen-bond donors (Lipinski definition) is 2. The van der Waals surface area contributed by atoms with Crippen LogP contribution in [0.4, 0.5) is 11.4 Å². The lowest BCUT2D eigenvalue weighted by Crippen LogP contribution is -3.15. The van der Waals surface area contributed by atoms with Gasteiger partial charge in [-0.1, -0.05) is 28.1 Å². The Labute approximate surface area is 156 Å². The lowest BCUT2D eigenvalue weighted by Gasteiger charge is -2.33. The standard InChI is InChI=1S/C19H22BrN3O2/c1-25-18-7-3-6-17(13-18)23-10-8-22(9-11-23)14-19(24)21-16-5-2-4-15(20)12-16/h2-7,12-13H,8-11,14H2,1H3,(H,21,24)/p+1. The molecule has 0 unspecified atom stereocenters. The van der Waals surface area contributed by atoms with Crippen molar-refractivity contribution in [1.82, 2.24) is 0 Å². The first-order chi connectivity index (χ1) is 12.1. The number of carbonyl (C=O) groups is 1. The van der Waals surface area contributed by atoms with Crippen LogP contribution < -0.4 is 19.9 Å². The molecule has 0 bridgehead atoms. The number of anilines is 2. The number of carbonyl (C=O) groups excluding carboxylic acids is 1. The minimum absolute atomic E-state index is 0.0583. The first kappa shape index (κ1) is 17.8. The van der Waals surface area contributed by atoms with E-state index in [4.69, 9.17) is 4.74 Å². The molecule has 0 spiro atoms. The van der Waals surface area contributed by atoms with E-state index in [2.05, 4.69) is 38.3 Å². The summed E-state index contributed by atoms with van der Waals surface area (Å²) in [4.78, 5) is 15.9. The van der Waals surface area contributed by atoms with Gasteiger partial charge in [-0.2, -0.15) is 0 Å². The second kappa shape index (κ2) is 8.36. The second-order valence-corrected chi connectivity index (χ2v) is 7.09. The van der Waals surface area contributed by atoms with Crippen LogP contribution in [-0.2, 0) is 4.79 Å². The molecule has 1 aliphatic rings. The second-order valence-electron chi connectivity index (χ2n) is 6.17. The van der Waals surface area contributed by atoms with E-state index >= 15 is 0 Å². The van der Waals surface area contributed by atoms with E-state index in [1.165, 1.54) is 10.6 Å². The van der Waals surface area contributed by atoms with E-state index in [0.29, 0.717) is 6.54 Å². The molecule has 1 saturated heterocycles. The smallest absolute Gasteiger partial charge is 0.279 e. The number of ether oxygens (including phenoxy) is 1. The Morgan fingerprint density at radius 3 is 2.68 bits per heavy atom. The molecule has 0 aromatic heterocycles. The van der Waals surface area contributed by atoms with E-state index in [-0.39, 0.29) is 5.91 Å². The van der Waals surface area contributed by atoms with E-state index in [1.54, 1.807) is 7.11 Å². The third-order valence-electron chi connectivity index (χ3n) is 4.41. The van der Waals surface area contributed by atoms with Gasteiger partial charge in [0.1, 0.15) is 5.75 Å². The van der Waals surface area contributed by atoms with Crippen molar-refractivity contribution in [3.63, 3.8) is 0 Å². The minimum atomic E-state index is 0.0583. The Kier molecular flexibility index (Phi) is 5.94. The van der Waals surface area contributed by atoms with Gasteiger partial charge >= 0.3 is 0 Å². The molecular weight excluding hydrogens is 382 g/mol. The molecule has 2 N–H and O–H groups in total. The number of quaternary nitrogens is 1. The van der Waals surface area contributed by atoms with Gasteiger partial charge in [0.25, 0.3) is 5.91 Å². The number of nitrogens with one attached hydrogen (secondary N) is 2. The van der Waals surface area contributed by atoms with Crippen LogP contribution in [0.25, 0.3) is 0 Å². The van der Waals surface area contributed by atoms with E-state index < -0.39 is 0 Å². The van der Waals surface area contributed by atoms with Gasteiger partial charge in [0.15, 0.2) is 6.54 Å². The zero-order valence-corrected chi connectivity index (χ0v) is 15.9. The molecule has 3 rings (SSSR count). The number of hydrogen-bond acceptors (Lipinski definition) is 3. The zero-order chi connectivity index (χ0) is 17.6. The lowest BCUT2D eigenvalue weighted by atomic mass is 10.2. The number of halogens is 1. The SMILES string of the molecule is COc1cccc(N2CC[NH+](CC(=O)Nc3cccc(Br)c3)CC2)c1. The van der Waals surface area contributed by atoms with Crippen LogP contribution in [0.15, 0.2) is 53.0 Å². The summed E-state index contributed by atoms with van der Waals surface area (Å²) in [5.74, 6) is 0.934. The number of nitrogens with zero attached hydrogens (tertiary/aromatic N) is 1. The average molecular weight is 405 g/mol. The van der Waals surface area contributed by atoms with Crippen LogP contribution in [-0.4, -0.2) is 45.7 Å². The first-order valence-corrected chi connectivity index (χ1v) is 9.21. The molecule has 2 aromatic carbocycles. The van der Waals surface area contributed by atoms with Gasteiger partial charge in [-0.3, -0.25) is 4.79 Å². The molecule has 1 heterocycles. The Morgan fingerprint density at radius 2 is 1.96 bits per heavy atom. The molecule has 2 aromatic rings. The summed E-state index contributed by atoms with van der Waals surface area (Å²) >= 11 is 3.42. The zero-order valence-electron chi connectivity index (χ0n) is 14.3. The van der Waals surface area contributed by atoms with Crippen molar-refractivity contribution < 1.29 is 14.4 Å². The van der Waals surface area contributed by atoms with Crippen molar-refractivity contribution in [2.75, 3.05) is 50.1 Å². The van der Waals surface area contributed by atoms with Crippen LogP contribution in [0.5, 0.6) is 5.75 Å². The van der Waals surface area contributed by atoms with Gasteiger partial charge < -0.3 is 19.9 Å². The Morgan fingerprint density at radius 1 is 1.20 bits per heavy atom. The van der Waals surface area contributed by atoms with Crippen LogP contribution in [0.1, 0.15) is 0 Å². The summed E-state index contributed by atoms with van der Waals surface area (Å²) in [5.41, 5.74) is 2.01. The monoisotopic (exact) mass is 404 g/mol. The van der Waals surface area contributed by atoms with E-state index in [0.717, 1.165) is 42.1 Å². The van der Waals surface area contributed by atoms with Crippen molar-refractivity contribution in [3.8, 4) is 5.75 Å². The van der Waals surface area contributed by atoms with Gasteiger partial charge in [-0.15, -0.1) is 0 Å². The molecule has 1 amide bonds. The summed E-state index contributed by atoms with van der Waals surface area (Å²) in [6, 6.07) is 15.8. The number of amides is 1. The molecule has 1 fully saturated rings. The van der Waals surface area contributed by atoms with Crippen LogP contribution >= 0.6 is 15.9 Å². The fourth-order valence-electron chi connectivity index (χ4n) is 3.06. The van der Waals surface area contributed by atoms with Crippen molar-refractivity contribution in [1.29, 1.82) is 0 Å². The van der Waals surface area contributed by atoms with Gasteiger partial charge in [-0.05, 0) is 30.3 Å². The summed E-state index contributed by atoms with van der Waals surface area (Å²) in [6.07, 6.45) is 0. The third kappa shape index (κ3) is 4.96. The number of piperazine rings is 1. The van der Waals surface area contributed by atoms with E-state index in [9.17, 15) is 4.79 Å². The molecule has 1 aliphatic heterocycles. The highest BCUT2D eigenvalue weighted by Crippen LogP contribution is 2.20. The van der Waals surface area contributed by atoms with Gasteiger partial charge in [-0.25, -0.2) is 0 Å². The fourth-order valence-corrected chi connectivity index (χ4v) is 3.46. The maximum atomic E-state index is 12.2. The molecule has 0 radical (unpaired) electrons. The van der Waals surface area contributed by atoms with Crippen molar-refractivity contribution in [3.05, 3.63) is 53.0 Å². The third-order valence-corrected chi connectivity index (χ3v) is 4.90. The van der Waals surface area contributed by atoms with Crippen LogP contribution in [0.2, 0.25) is 0 Å². The van der Waals surface area contributed by atoms with Crippen molar-refractivity contribution >= 4 is 33.2 Å². The molecule has 6 heteroatoms. The number of methoxy groups -OCH3 is 1. The van der Waals surface area contributed by atoms with Crippen molar-refractivity contribution in [2.45, 2.75) is 0 Å². The Hall–Kier alpha value is -2.05. The molecule has 0 saturated carbocycles. The lowest BCUT2D eigenvalue weighted by molar-refractivity contribution is -0.892. The van der Waals surface area contributed by atoms with Crippen LogP contribution in [0.3, 0.4) is 0 Å². The Bertz CT molecular complexity index is 730. The molecule has 25 heavy (non-hydrogen) atoms. The quantitative estimate of drug-likeness (QED) is 0.798. The van der Waals surface area contributed by atoms with Gasteiger partial charge in [0.05, 0.1) is 33.3 Å². The maximum Gasteiger partial charge on any atom is 0.279 e. The average Bonchev–Trinajstić information content (AvgIpc) is 2.62. The molecular formula is C19H23BrN3O2+. The highest BCUT2D eigenvalue weighted by atomic mass is 79.9. The first-order valence-electron chi connectivity index (χ1n) is 8.42. The molecule has 0 atom stereocenters. The predicted octanol–water partition coefficient (Wildman–Crippen LogP) is 1.80. The van der Waals surface area contributed by atoms with E-state index in [1.807, 2.05) is 36.4 Å². The normalized spacial score (nSPS) is 15.0. The van der Waals surface area contributed by atoms with Crippen LogP contribution in [0, 0.1) is 0 Å². The highest BCUT2D eigenvalue weighted by molar-refractivity contribution is 9.10. The largest absolute Gasteiger partial charge is 0.497 e. The van der Waals surface area contributed by atoms with Gasteiger partial charge in [0.2, 0.25) is 0 Å². The number of rotatable bonds is 5. The predicted molar refractivity (Wildman–Crippen MR) is 104 cm³/mol. The summed E-state index contributed by atoms with van der Waals surface area (Å²) in [5, 5.41) is 2.97. The molecule has 5 nitrogen and oxygen atoms in total. The topological polar surface area (TPSA) is 46.0 Å². The number of benzene rings is 2. The summed E-state index contributed by atoms with van der Waals surface area (Å²) in [7, 11) is 1.69. The molecule has 0 aliphatic carbocycles. The minimum Gasteiger partial charge on any atom is -0.497 e. The highest BCUT2D eigenvalue weighted by Gasteiger charge is 2.22. The summed E-state index contributed by atoms with van der Waals surface area (Å²) < 4.78 is 6.26. The Balaban J connectivity index is 1.49. The maximum absolute atomic E-state index is 12.2. The van der Waals surface area contributed by atoms with Gasteiger partial charge in [0, 0.05) is 21.9 Å². The summed E-state index contributed by atoms with van der Waals surface area (Å²) in [6.45, 7) is 4.27. The van der Waals surface area contributed by atoms with Crippen molar-refractivity contribution in [2.24, 2.45) is 0 Å². The molecule has 132 valence electrons. The fraction of sp³-hybridized carbons (Fsp3) is 0.316.